The van der Waals surface area contributed by atoms with Gasteiger partial charge in [0.1, 0.15) is 0 Å². The third kappa shape index (κ3) is 4.05. The number of hydrogen-bond donors (Lipinski definition) is 1. The minimum atomic E-state index is -0.0659. The van der Waals surface area contributed by atoms with Crippen LogP contribution in [0.2, 0.25) is 0 Å². The van der Waals surface area contributed by atoms with Crippen LogP contribution in [-0.4, -0.2) is 60.5 Å². The van der Waals surface area contributed by atoms with Crippen LogP contribution in [0.25, 0.3) is 0 Å². The first kappa shape index (κ1) is 15.0. The summed E-state index contributed by atoms with van der Waals surface area (Å²) < 4.78 is 7.33. The van der Waals surface area contributed by atoms with Crippen molar-refractivity contribution in [3.8, 4) is 0 Å². The molecule has 0 spiro atoms. The van der Waals surface area contributed by atoms with Gasteiger partial charge in [-0.1, -0.05) is 0 Å². The Balaban J connectivity index is 1.84. The molecule has 1 aliphatic heterocycles. The van der Waals surface area contributed by atoms with Crippen molar-refractivity contribution in [2.24, 2.45) is 5.92 Å². The van der Waals surface area contributed by atoms with Crippen LogP contribution in [0.3, 0.4) is 0 Å². The molecule has 0 saturated carbocycles. The molecule has 2 heterocycles. The van der Waals surface area contributed by atoms with Gasteiger partial charge < -0.3 is 15.0 Å². The Hall–Kier alpha value is -1.40. The number of nitrogens with zero attached hydrogens (tertiary/aromatic N) is 3. The van der Waals surface area contributed by atoms with Crippen LogP contribution in [0, 0.1) is 5.92 Å². The predicted octanol–water partition coefficient (Wildman–Crippen LogP) is 0.772. The molecule has 1 aromatic rings. The number of hydrogen-bond acceptors (Lipinski definition) is 4. The first-order valence-corrected chi connectivity index (χ1v) is 7.15. The Kier molecular flexibility index (Phi) is 5.14. The number of amides is 1. The Labute approximate surface area is 120 Å². The van der Waals surface area contributed by atoms with Crippen LogP contribution in [0.1, 0.15) is 30.2 Å². The zero-order valence-corrected chi connectivity index (χ0v) is 12.5. The lowest BCUT2D eigenvalue weighted by Crippen LogP contribution is -2.35. The fraction of sp³-hybridized carbons (Fsp3) is 0.714. The van der Waals surface area contributed by atoms with Gasteiger partial charge >= 0.3 is 0 Å². The highest BCUT2D eigenvalue weighted by Gasteiger charge is 2.17. The molecule has 112 valence electrons. The number of carbonyl (C=O) groups is 1. The molecule has 6 nitrogen and oxygen atoms in total. The first-order chi connectivity index (χ1) is 9.56. The van der Waals surface area contributed by atoms with E-state index in [2.05, 4.69) is 22.4 Å². The van der Waals surface area contributed by atoms with Crippen LogP contribution in [0.15, 0.2) is 12.4 Å². The molecule has 1 unspecified atom stereocenters. The summed E-state index contributed by atoms with van der Waals surface area (Å²) >= 11 is 0. The molecule has 0 radical (unpaired) electrons. The molecule has 1 saturated heterocycles. The van der Waals surface area contributed by atoms with Gasteiger partial charge in [-0.05, 0) is 20.9 Å². The maximum Gasteiger partial charge on any atom is 0.254 e. The van der Waals surface area contributed by atoms with Crippen molar-refractivity contribution in [3.63, 3.8) is 0 Å². The number of aromatic nitrogens is 2. The van der Waals surface area contributed by atoms with E-state index in [0.29, 0.717) is 24.6 Å². The van der Waals surface area contributed by atoms with Gasteiger partial charge in [0, 0.05) is 37.8 Å². The van der Waals surface area contributed by atoms with Crippen LogP contribution in [-0.2, 0) is 4.74 Å². The summed E-state index contributed by atoms with van der Waals surface area (Å²) in [6.07, 6.45) is 3.40. The van der Waals surface area contributed by atoms with Crippen LogP contribution in [0.4, 0.5) is 0 Å². The quantitative estimate of drug-likeness (QED) is 0.885. The van der Waals surface area contributed by atoms with Crippen molar-refractivity contribution in [3.05, 3.63) is 18.0 Å². The molecule has 1 aromatic heterocycles. The highest BCUT2D eigenvalue weighted by Crippen LogP contribution is 2.07. The van der Waals surface area contributed by atoms with Crippen molar-refractivity contribution >= 4 is 5.91 Å². The van der Waals surface area contributed by atoms with Crippen molar-refractivity contribution in [1.82, 2.24) is 20.0 Å². The van der Waals surface area contributed by atoms with Gasteiger partial charge in [-0.2, -0.15) is 5.10 Å². The van der Waals surface area contributed by atoms with Gasteiger partial charge in [-0.3, -0.25) is 9.48 Å². The molecule has 0 aliphatic carbocycles. The molecule has 1 aliphatic rings. The standard InChI is InChI=1S/C14H24N4O2/c1-11(2)18-9-13(7-16-18)14(19)15-6-12-8-17(3)4-5-20-10-12/h7,9,11-12H,4-6,8,10H2,1-3H3,(H,15,19). The van der Waals surface area contributed by atoms with E-state index in [4.69, 9.17) is 4.74 Å². The van der Waals surface area contributed by atoms with Gasteiger partial charge in [-0.15, -0.1) is 0 Å². The molecular weight excluding hydrogens is 256 g/mol. The molecule has 1 atom stereocenters. The van der Waals surface area contributed by atoms with Gasteiger partial charge in [0.05, 0.1) is 25.0 Å². The van der Waals surface area contributed by atoms with E-state index in [9.17, 15) is 4.79 Å². The fourth-order valence-electron chi connectivity index (χ4n) is 2.26. The second kappa shape index (κ2) is 6.85. The maximum absolute atomic E-state index is 12.1. The number of carbonyl (C=O) groups excluding carboxylic acids is 1. The molecule has 1 amide bonds. The summed E-state index contributed by atoms with van der Waals surface area (Å²) in [5, 5.41) is 7.15. The van der Waals surface area contributed by atoms with E-state index in [1.54, 1.807) is 17.1 Å². The Morgan fingerprint density at radius 1 is 1.60 bits per heavy atom. The molecule has 2 rings (SSSR count). The molecule has 1 fully saturated rings. The Morgan fingerprint density at radius 3 is 3.10 bits per heavy atom. The normalized spacial score (nSPS) is 20.9. The summed E-state index contributed by atoms with van der Waals surface area (Å²) in [6.45, 7) is 8.08. The first-order valence-electron chi connectivity index (χ1n) is 7.15. The van der Waals surface area contributed by atoms with Crippen LogP contribution < -0.4 is 5.32 Å². The van der Waals surface area contributed by atoms with Gasteiger partial charge in [0.25, 0.3) is 5.91 Å². The van der Waals surface area contributed by atoms with E-state index in [1.807, 2.05) is 13.8 Å². The van der Waals surface area contributed by atoms with Crippen molar-refractivity contribution < 1.29 is 9.53 Å². The number of ether oxygens (including phenoxy) is 1. The van der Waals surface area contributed by atoms with Gasteiger partial charge in [-0.25, -0.2) is 0 Å². The molecule has 6 heteroatoms. The number of rotatable bonds is 4. The molecular formula is C14H24N4O2. The van der Waals surface area contributed by atoms with Gasteiger partial charge in [0.15, 0.2) is 0 Å². The lowest BCUT2D eigenvalue weighted by molar-refractivity contribution is 0.0921. The summed E-state index contributed by atoms with van der Waals surface area (Å²) in [5.41, 5.74) is 0.613. The summed E-state index contributed by atoms with van der Waals surface area (Å²) in [6, 6.07) is 0.264. The van der Waals surface area contributed by atoms with E-state index in [0.717, 1.165) is 19.7 Å². The second-order valence-electron chi connectivity index (χ2n) is 5.72. The average Bonchev–Trinajstić information content (AvgIpc) is 2.81. The Morgan fingerprint density at radius 2 is 2.40 bits per heavy atom. The smallest absolute Gasteiger partial charge is 0.254 e. The summed E-state index contributed by atoms with van der Waals surface area (Å²) in [5.74, 6) is 0.274. The lowest BCUT2D eigenvalue weighted by atomic mass is 10.1. The van der Waals surface area contributed by atoms with Crippen molar-refractivity contribution in [1.29, 1.82) is 0 Å². The number of likely N-dealkylation sites (N-methyl/N-ethyl adjacent to an activating group) is 1. The topological polar surface area (TPSA) is 59.4 Å². The zero-order valence-electron chi connectivity index (χ0n) is 12.5. The monoisotopic (exact) mass is 280 g/mol. The third-order valence-corrected chi connectivity index (χ3v) is 3.48. The van der Waals surface area contributed by atoms with E-state index >= 15 is 0 Å². The van der Waals surface area contributed by atoms with Gasteiger partial charge in [0.2, 0.25) is 0 Å². The van der Waals surface area contributed by atoms with E-state index in [1.165, 1.54) is 0 Å². The average molecular weight is 280 g/mol. The molecule has 1 N–H and O–H groups in total. The van der Waals surface area contributed by atoms with Crippen molar-refractivity contribution in [2.75, 3.05) is 39.9 Å². The van der Waals surface area contributed by atoms with Crippen molar-refractivity contribution in [2.45, 2.75) is 19.9 Å². The molecule has 20 heavy (non-hydrogen) atoms. The second-order valence-corrected chi connectivity index (χ2v) is 5.72. The van der Waals surface area contributed by atoms with E-state index < -0.39 is 0 Å². The molecule has 0 aromatic carbocycles. The van der Waals surface area contributed by atoms with Crippen LogP contribution in [0.5, 0.6) is 0 Å². The summed E-state index contributed by atoms with van der Waals surface area (Å²) in [4.78, 5) is 14.3. The minimum absolute atomic E-state index is 0.0659. The third-order valence-electron chi connectivity index (χ3n) is 3.48. The highest BCUT2D eigenvalue weighted by atomic mass is 16.5. The summed E-state index contributed by atoms with van der Waals surface area (Å²) in [7, 11) is 2.08. The van der Waals surface area contributed by atoms with Crippen LogP contribution >= 0.6 is 0 Å². The Bertz CT molecular complexity index is 444. The maximum atomic E-state index is 12.1. The number of nitrogens with one attached hydrogen (secondary N) is 1. The minimum Gasteiger partial charge on any atom is -0.380 e. The SMILES string of the molecule is CC(C)n1cc(C(=O)NCC2COCCN(C)C2)cn1. The largest absolute Gasteiger partial charge is 0.380 e. The van der Waals surface area contributed by atoms with E-state index in [-0.39, 0.29) is 11.9 Å². The predicted molar refractivity (Wildman–Crippen MR) is 76.8 cm³/mol. The molecule has 0 bridgehead atoms. The highest BCUT2D eigenvalue weighted by molar-refractivity contribution is 5.93. The lowest BCUT2D eigenvalue weighted by Gasteiger charge is -2.18. The fourth-order valence-corrected chi connectivity index (χ4v) is 2.26. The zero-order chi connectivity index (χ0) is 14.5.